The topological polar surface area (TPSA) is 58.2 Å². The van der Waals surface area contributed by atoms with Crippen LogP contribution in [0.3, 0.4) is 0 Å². The lowest BCUT2D eigenvalue weighted by Crippen LogP contribution is -2.31. The van der Waals surface area contributed by atoms with Crippen molar-refractivity contribution in [2.24, 2.45) is 0 Å². The molecule has 0 aliphatic carbocycles. The van der Waals surface area contributed by atoms with Gasteiger partial charge in [-0.2, -0.15) is 0 Å². The van der Waals surface area contributed by atoms with E-state index in [1.54, 1.807) is 6.08 Å². The Hall–Kier alpha value is -1.62. The van der Waals surface area contributed by atoms with E-state index in [1.165, 1.54) is 14.0 Å². The predicted octanol–water partition coefficient (Wildman–Crippen LogP) is 1.67. The maximum absolute atomic E-state index is 11.5. The maximum Gasteiger partial charge on any atom is 0.267 e. The van der Waals surface area contributed by atoms with Crippen molar-refractivity contribution >= 4 is 33.8 Å². The number of likely N-dealkylation sites (N-methyl/N-ethyl adjacent to an activating group) is 1. The lowest BCUT2D eigenvalue weighted by Gasteiger charge is -2.06. The molecule has 0 aliphatic heterocycles. The molecule has 2 N–H and O–H groups in total. The minimum Gasteiger partial charge on any atom is -0.354 e. The third-order valence-electron chi connectivity index (χ3n) is 1.96. The third kappa shape index (κ3) is 4.40. The van der Waals surface area contributed by atoms with Gasteiger partial charge in [0.05, 0.1) is 0 Å². The number of benzene rings is 1. The van der Waals surface area contributed by atoms with Crippen molar-refractivity contribution in [3.05, 3.63) is 40.0 Å². The van der Waals surface area contributed by atoms with Crippen LogP contribution < -0.4 is 10.6 Å². The van der Waals surface area contributed by atoms with Gasteiger partial charge in [0.2, 0.25) is 5.91 Å². The van der Waals surface area contributed by atoms with Gasteiger partial charge >= 0.3 is 0 Å². The predicted molar refractivity (Wildman–Crippen MR) is 70.0 cm³/mol. The van der Waals surface area contributed by atoms with Gasteiger partial charge in [-0.25, -0.2) is 0 Å². The zero-order chi connectivity index (χ0) is 12.8. The van der Waals surface area contributed by atoms with Crippen LogP contribution in [-0.2, 0) is 9.59 Å². The first-order valence-electron chi connectivity index (χ1n) is 5.00. The Kier molecular flexibility index (Phi) is 4.90. The number of halogens is 1. The minimum atomic E-state index is -0.330. The van der Waals surface area contributed by atoms with E-state index in [0.29, 0.717) is 0 Å². The SMILES string of the molecule is CNC(=O)C(=Cc1ccc(Br)cc1)NC(C)=O. The molecule has 0 unspecified atom stereocenters. The summed E-state index contributed by atoms with van der Waals surface area (Å²) in [6.07, 6.45) is 1.62. The molecular weight excluding hydrogens is 284 g/mol. The van der Waals surface area contributed by atoms with E-state index < -0.39 is 0 Å². The molecule has 0 aromatic heterocycles. The molecule has 2 amide bonds. The zero-order valence-electron chi connectivity index (χ0n) is 9.58. The molecule has 0 saturated carbocycles. The van der Waals surface area contributed by atoms with E-state index in [2.05, 4.69) is 26.6 Å². The van der Waals surface area contributed by atoms with Gasteiger partial charge in [-0.1, -0.05) is 28.1 Å². The van der Waals surface area contributed by atoms with E-state index in [-0.39, 0.29) is 17.5 Å². The van der Waals surface area contributed by atoms with Crippen LogP contribution in [0.5, 0.6) is 0 Å². The maximum atomic E-state index is 11.5. The first kappa shape index (κ1) is 13.4. The Bertz CT molecular complexity index is 452. The molecule has 1 rings (SSSR count). The van der Waals surface area contributed by atoms with Crippen LogP contribution >= 0.6 is 15.9 Å². The molecule has 0 radical (unpaired) electrons. The summed E-state index contributed by atoms with van der Waals surface area (Å²) in [4.78, 5) is 22.5. The number of amides is 2. The van der Waals surface area contributed by atoms with Gasteiger partial charge in [0.1, 0.15) is 5.70 Å². The summed E-state index contributed by atoms with van der Waals surface area (Å²) < 4.78 is 0.954. The van der Waals surface area contributed by atoms with E-state index in [0.717, 1.165) is 10.0 Å². The number of carbonyl (C=O) groups excluding carboxylic acids is 2. The second-order valence-electron chi connectivity index (χ2n) is 3.37. The van der Waals surface area contributed by atoms with Crippen LogP contribution in [0, 0.1) is 0 Å². The van der Waals surface area contributed by atoms with Gasteiger partial charge in [-0.05, 0) is 23.8 Å². The van der Waals surface area contributed by atoms with E-state index in [1.807, 2.05) is 24.3 Å². The molecular formula is C12H13BrN2O2. The van der Waals surface area contributed by atoms with Gasteiger partial charge in [0, 0.05) is 18.4 Å². The summed E-state index contributed by atoms with van der Waals surface area (Å²) in [5.41, 5.74) is 1.06. The fraction of sp³-hybridized carbons (Fsp3) is 0.167. The molecule has 0 heterocycles. The molecule has 0 bridgehead atoms. The Morgan fingerprint density at radius 1 is 1.24 bits per heavy atom. The van der Waals surface area contributed by atoms with Gasteiger partial charge in [0.15, 0.2) is 0 Å². The van der Waals surface area contributed by atoms with Crippen molar-refractivity contribution in [1.82, 2.24) is 10.6 Å². The fourth-order valence-electron chi connectivity index (χ4n) is 1.21. The van der Waals surface area contributed by atoms with Crippen LogP contribution in [0.25, 0.3) is 6.08 Å². The minimum absolute atomic E-state index is 0.224. The number of rotatable bonds is 3. The Morgan fingerprint density at radius 3 is 2.29 bits per heavy atom. The molecule has 1 aromatic carbocycles. The van der Waals surface area contributed by atoms with E-state index in [9.17, 15) is 9.59 Å². The fourth-order valence-corrected chi connectivity index (χ4v) is 1.47. The van der Waals surface area contributed by atoms with Crippen LogP contribution in [0.2, 0.25) is 0 Å². The molecule has 0 atom stereocenters. The summed E-state index contributed by atoms with van der Waals surface area (Å²) in [6.45, 7) is 1.36. The van der Waals surface area contributed by atoms with Gasteiger partial charge in [-0.3, -0.25) is 9.59 Å². The van der Waals surface area contributed by atoms with Crippen LogP contribution in [0.15, 0.2) is 34.4 Å². The highest BCUT2D eigenvalue weighted by Gasteiger charge is 2.08. The van der Waals surface area contributed by atoms with Crippen LogP contribution in [-0.4, -0.2) is 18.9 Å². The molecule has 5 heteroatoms. The molecule has 4 nitrogen and oxygen atoms in total. The Morgan fingerprint density at radius 2 is 1.82 bits per heavy atom. The zero-order valence-corrected chi connectivity index (χ0v) is 11.2. The molecule has 0 spiro atoms. The monoisotopic (exact) mass is 296 g/mol. The van der Waals surface area contributed by atoms with Crippen molar-refractivity contribution in [3.63, 3.8) is 0 Å². The van der Waals surface area contributed by atoms with Gasteiger partial charge < -0.3 is 10.6 Å². The van der Waals surface area contributed by atoms with Crippen LogP contribution in [0.4, 0.5) is 0 Å². The molecule has 90 valence electrons. The van der Waals surface area contributed by atoms with Gasteiger partial charge in [-0.15, -0.1) is 0 Å². The normalized spacial score (nSPS) is 10.9. The highest BCUT2D eigenvalue weighted by Crippen LogP contribution is 2.12. The summed E-state index contributed by atoms with van der Waals surface area (Å²) in [5, 5.41) is 4.96. The number of hydrogen-bond acceptors (Lipinski definition) is 2. The molecule has 1 aromatic rings. The highest BCUT2D eigenvalue weighted by molar-refractivity contribution is 9.10. The van der Waals surface area contributed by atoms with Crippen LogP contribution in [0.1, 0.15) is 12.5 Å². The molecule has 0 aliphatic rings. The molecule has 0 saturated heterocycles. The third-order valence-corrected chi connectivity index (χ3v) is 2.49. The highest BCUT2D eigenvalue weighted by atomic mass is 79.9. The number of nitrogens with one attached hydrogen (secondary N) is 2. The molecule has 17 heavy (non-hydrogen) atoms. The smallest absolute Gasteiger partial charge is 0.267 e. The molecule has 0 fully saturated rings. The second-order valence-corrected chi connectivity index (χ2v) is 4.29. The first-order valence-corrected chi connectivity index (χ1v) is 5.79. The van der Waals surface area contributed by atoms with Crippen molar-refractivity contribution in [3.8, 4) is 0 Å². The van der Waals surface area contributed by atoms with E-state index >= 15 is 0 Å². The summed E-state index contributed by atoms with van der Waals surface area (Å²) in [5.74, 6) is -0.611. The first-order chi connectivity index (χ1) is 8.02. The lowest BCUT2D eigenvalue weighted by molar-refractivity contribution is -0.122. The Labute approximate surface area is 108 Å². The average Bonchev–Trinajstić information content (AvgIpc) is 2.29. The van der Waals surface area contributed by atoms with E-state index in [4.69, 9.17) is 0 Å². The van der Waals surface area contributed by atoms with Crippen molar-refractivity contribution in [1.29, 1.82) is 0 Å². The summed E-state index contributed by atoms with van der Waals surface area (Å²) in [7, 11) is 1.51. The average molecular weight is 297 g/mol. The second kappa shape index (κ2) is 6.20. The number of hydrogen-bond donors (Lipinski definition) is 2. The standard InChI is InChI=1S/C12H13BrN2O2/c1-8(16)15-11(12(17)14-2)7-9-3-5-10(13)6-4-9/h3-7H,1-2H3,(H,14,17)(H,15,16). The van der Waals surface area contributed by atoms with Gasteiger partial charge in [0.25, 0.3) is 5.91 Å². The summed E-state index contributed by atoms with van der Waals surface area (Å²) >= 11 is 3.32. The summed E-state index contributed by atoms with van der Waals surface area (Å²) in [6, 6.07) is 7.41. The number of carbonyl (C=O) groups is 2. The Balaban J connectivity index is 3.00. The largest absolute Gasteiger partial charge is 0.354 e. The quantitative estimate of drug-likeness (QED) is 0.834. The van der Waals surface area contributed by atoms with Crippen molar-refractivity contribution in [2.45, 2.75) is 6.92 Å². The van der Waals surface area contributed by atoms with Crippen molar-refractivity contribution in [2.75, 3.05) is 7.05 Å². The lowest BCUT2D eigenvalue weighted by atomic mass is 10.2. The van der Waals surface area contributed by atoms with Crippen molar-refractivity contribution < 1.29 is 9.59 Å².